The summed E-state index contributed by atoms with van der Waals surface area (Å²) >= 11 is 5.75. The Morgan fingerprint density at radius 1 is 1.56 bits per heavy atom. The molecule has 0 fully saturated rings. The Morgan fingerprint density at radius 3 is 2.94 bits per heavy atom. The summed E-state index contributed by atoms with van der Waals surface area (Å²) in [6.07, 6.45) is 0. The molecule has 94 valence electrons. The van der Waals surface area contributed by atoms with Crippen molar-refractivity contribution in [3.8, 4) is 0 Å². The minimum Gasteiger partial charge on any atom is -0.617 e. The molecule has 0 spiro atoms. The van der Waals surface area contributed by atoms with Crippen LogP contribution in [0, 0.1) is 5.21 Å². The molecule has 0 aliphatic carbocycles. The Hall–Kier alpha value is -2.08. The molecule has 6 nitrogen and oxygen atoms in total. The number of hydrogen-bond donors (Lipinski definition) is 1. The molecular formula is C11H9ClN2O4. The van der Waals surface area contributed by atoms with E-state index in [0.717, 1.165) is 0 Å². The third kappa shape index (κ3) is 2.02. The predicted octanol–water partition coefficient (Wildman–Crippen LogP) is 0.992. The molecule has 0 unspecified atom stereocenters. The van der Waals surface area contributed by atoms with Gasteiger partial charge in [0, 0.05) is 11.1 Å². The Bertz CT molecular complexity index is 681. The van der Waals surface area contributed by atoms with E-state index < -0.39 is 17.2 Å². The first-order chi connectivity index (χ1) is 8.54. The number of nitrogens with one attached hydrogen (secondary N) is 1. The van der Waals surface area contributed by atoms with E-state index in [4.69, 9.17) is 11.6 Å². The van der Waals surface area contributed by atoms with Crippen LogP contribution >= 0.6 is 11.6 Å². The van der Waals surface area contributed by atoms with Crippen LogP contribution in [0.5, 0.6) is 0 Å². The van der Waals surface area contributed by atoms with Gasteiger partial charge < -0.3 is 14.9 Å². The molecule has 0 saturated heterocycles. The van der Waals surface area contributed by atoms with Gasteiger partial charge in [0.15, 0.2) is 0 Å². The summed E-state index contributed by atoms with van der Waals surface area (Å²) in [6, 6.07) is 4.34. The van der Waals surface area contributed by atoms with Gasteiger partial charge in [0.2, 0.25) is 5.52 Å². The summed E-state index contributed by atoms with van der Waals surface area (Å²) in [5.74, 6) is -0.953. The lowest BCUT2D eigenvalue weighted by Crippen LogP contribution is -2.43. The van der Waals surface area contributed by atoms with E-state index in [0.29, 0.717) is 5.02 Å². The average Bonchev–Trinajstić information content (AvgIpc) is 2.28. The number of aromatic amines is 1. The number of rotatable bonds is 2. The fourth-order valence-electron chi connectivity index (χ4n) is 1.55. The number of ether oxygens (including phenoxy) is 1. The zero-order valence-corrected chi connectivity index (χ0v) is 10.2. The maximum atomic E-state index is 11.9. The molecule has 0 aliphatic heterocycles. The van der Waals surface area contributed by atoms with E-state index in [1.807, 2.05) is 0 Å². The van der Waals surface area contributed by atoms with E-state index in [9.17, 15) is 14.8 Å². The average molecular weight is 269 g/mol. The topological polar surface area (TPSA) is 86.1 Å². The smallest absolute Gasteiger partial charge is 0.411 e. The predicted molar refractivity (Wildman–Crippen MR) is 64.5 cm³/mol. The number of hydrogen-bond acceptors (Lipinski definition) is 4. The summed E-state index contributed by atoms with van der Waals surface area (Å²) in [5, 5.41) is 12.3. The molecule has 0 saturated carbocycles. The van der Waals surface area contributed by atoms with E-state index in [1.54, 1.807) is 6.92 Å². The quantitative estimate of drug-likeness (QED) is 0.500. The molecule has 1 aromatic heterocycles. The number of esters is 1. The Labute approximate surface area is 106 Å². The van der Waals surface area contributed by atoms with Crippen LogP contribution in [0.3, 0.4) is 0 Å². The third-order valence-corrected chi connectivity index (χ3v) is 2.55. The van der Waals surface area contributed by atoms with Crippen LogP contribution in [0.15, 0.2) is 23.0 Å². The fourth-order valence-corrected chi connectivity index (χ4v) is 1.73. The number of nitrogens with zero attached hydrogens (tertiary/aromatic N) is 1. The van der Waals surface area contributed by atoms with E-state index in [-0.39, 0.29) is 22.4 Å². The fraction of sp³-hybridized carbons (Fsp3) is 0.182. The minimum absolute atomic E-state index is 0.0803. The number of halogens is 1. The Morgan fingerprint density at radius 2 is 2.28 bits per heavy atom. The standard InChI is InChI=1S/C11H9ClN2O4/c1-2-18-11(16)9-10(15)13-7-5-6(12)3-4-8(7)14(9)17/h3-5H,2H2,1H3,(H,13,15). The highest BCUT2D eigenvalue weighted by Gasteiger charge is 2.25. The lowest BCUT2D eigenvalue weighted by Gasteiger charge is -2.06. The van der Waals surface area contributed by atoms with Crippen molar-refractivity contribution in [1.29, 1.82) is 0 Å². The summed E-state index contributed by atoms with van der Waals surface area (Å²) in [7, 11) is 0. The number of carbonyl (C=O) groups excluding carboxylic acids is 1. The maximum Gasteiger partial charge on any atom is 0.411 e. The highest BCUT2D eigenvalue weighted by molar-refractivity contribution is 6.31. The van der Waals surface area contributed by atoms with Crippen molar-refractivity contribution in [2.24, 2.45) is 0 Å². The van der Waals surface area contributed by atoms with E-state index >= 15 is 0 Å². The number of H-pyrrole nitrogens is 1. The second-order valence-corrected chi connectivity index (χ2v) is 3.92. The number of carbonyl (C=O) groups is 1. The zero-order valence-electron chi connectivity index (χ0n) is 9.40. The molecule has 1 aromatic carbocycles. The van der Waals surface area contributed by atoms with Gasteiger partial charge in [-0.25, -0.2) is 4.79 Å². The normalized spacial score (nSPS) is 10.6. The van der Waals surface area contributed by atoms with Gasteiger partial charge in [-0.05, 0) is 19.1 Å². The molecule has 0 bridgehead atoms. The summed E-state index contributed by atoms with van der Waals surface area (Å²) in [4.78, 5) is 25.6. The first-order valence-corrected chi connectivity index (χ1v) is 5.54. The SMILES string of the molecule is CCOC(=O)c1c(=O)[nH]c2cc(Cl)ccc2[n+]1[O-]. The second-order valence-electron chi connectivity index (χ2n) is 3.48. The van der Waals surface area contributed by atoms with Crippen molar-refractivity contribution in [1.82, 2.24) is 4.98 Å². The van der Waals surface area contributed by atoms with Gasteiger partial charge >= 0.3 is 17.2 Å². The number of benzene rings is 1. The van der Waals surface area contributed by atoms with Crippen LogP contribution in [0.2, 0.25) is 5.02 Å². The van der Waals surface area contributed by atoms with E-state index in [2.05, 4.69) is 9.72 Å². The summed E-state index contributed by atoms with van der Waals surface area (Å²) < 4.78 is 4.91. The van der Waals surface area contributed by atoms with Crippen LogP contribution in [0.1, 0.15) is 17.4 Å². The minimum atomic E-state index is -0.953. The van der Waals surface area contributed by atoms with Gasteiger partial charge in [-0.15, -0.1) is 0 Å². The molecule has 1 heterocycles. The summed E-state index contributed by atoms with van der Waals surface area (Å²) in [5.41, 5.74) is -0.998. The molecule has 0 aliphatic rings. The van der Waals surface area contributed by atoms with Gasteiger partial charge in [-0.3, -0.25) is 4.79 Å². The molecule has 7 heteroatoms. The maximum absolute atomic E-state index is 11.9. The lowest BCUT2D eigenvalue weighted by atomic mass is 10.3. The highest BCUT2D eigenvalue weighted by Crippen LogP contribution is 2.13. The van der Waals surface area contributed by atoms with Crippen molar-refractivity contribution in [3.05, 3.63) is 44.5 Å². The van der Waals surface area contributed by atoms with Crippen molar-refractivity contribution >= 4 is 28.6 Å². The third-order valence-electron chi connectivity index (χ3n) is 2.31. The first-order valence-electron chi connectivity index (χ1n) is 5.16. The van der Waals surface area contributed by atoms with Crippen molar-refractivity contribution in [2.75, 3.05) is 6.61 Å². The zero-order chi connectivity index (χ0) is 13.3. The van der Waals surface area contributed by atoms with Gasteiger partial charge in [-0.1, -0.05) is 11.6 Å². The molecular weight excluding hydrogens is 260 g/mol. The van der Waals surface area contributed by atoms with Gasteiger partial charge in [0.1, 0.15) is 5.52 Å². The molecule has 2 aromatic rings. The van der Waals surface area contributed by atoms with Crippen LogP contribution in [-0.2, 0) is 4.74 Å². The summed E-state index contributed by atoms with van der Waals surface area (Å²) in [6.45, 7) is 1.67. The molecule has 18 heavy (non-hydrogen) atoms. The van der Waals surface area contributed by atoms with Crippen LogP contribution in [0.25, 0.3) is 11.0 Å². The lowest BCUT2D eigenvalue weighted by molar-refractivity contribution is -0.581. The Kier molecular flexibility index (Phi) is 3.20. The van der Waals surface area contributed by atoms with Crippen molar-refractivity contribution in [2.45, 2.75) is 6.92 Å². The molecule has 0 radical (unpaired) electrons. The number of aromatic nitrogens is 2. The van der Waals surface area contributed by atoms with Gasteiger partial charge in [0.05, 0.1) is 6.61 Å². The Balaban J connectivity index is 2.73. The van der Waals surface area contributed by atoms with E-state index in [1.165, 1.54) is 18.2 Å². The highest BCUT2D eigenvalue weighted by atomic mass is 35.5. The van der Waals surface area contributed by atoms with Crippen LogP contribution in [0.4, 0.5) is 0 Å². The van der Waals surface area contributed by atoms with Crippen molar-refractivity contribution in [3.63, 3.8) is 0 Å². The molecule has 0 atom stereocenters. The molecule has 2 rings (SSSR count). The van der Waals surface area contributed by atoms with Crippen LogP contribution < -0.4 is 10.3 Å². The molecule has 1 N–H and O–H groups in total. The first kappa shape index (κ1) is 12.4. The monoisotopic (exact) mass is 268 g/mol. The van der Waals surface area contributed by atoms with Crippen LogP contribution in [-0.4, -0.2) is 17.6 Å². The van der Waals surface area contributed by atoms with Gasteiger partial charge in [-0.2, -0.15) is 4.73 Å². The molecule has 0 amide bonds. The second kappa shape index (κ2) is 4.66. The van der Waals surface area contributed by atoms with Gasteiger partial charge in [0.25, 0.3) is 0 Å². The largest absolute Gasteiger partial charge is 0.617 e. The van der Waals surface area contributed by atoms with Crippen molar-refractivity contribution < 1.29 is 14.3 Å². The number of fused-ring (bicyclic) bond motifs is 1.